The summed E-state index contributed by atoms with van der Waals surface area (Å²) in [6.45, 7) is 2.44. The first-order valence-corrected chi connectivity index (χ1v) is 8.84. The first-order chi connectivity index (χ1) is 12.7. The number of amides is 1. The van der Waals surface area contributed by atoms with Crippen molar-refractivity contribution in [2.24, 2.45) is 0 Å². The van der Waals surface area contributed by atoms with E-state index in [0.29, 0.717) is 0 Å². The van der Waals surface area contributed by atoms with Gasteiger partial charge in [-0.05, 0) is 48.4 Å². The summed E-state index contributed by atoms with van der Waals surface area (Å²) in [4.78, 5) is 12.2. The van der Waals surface area contributed by atoms with E-state index in [2.05, 4.69) is 24.4 Å². The highest BCUT2D eigenvalue weighted by atomic mass is 16.5. The Labute approximate surface area is 154 Å². The average Bonchev–Trinajstić information content (AvgIpc) is 2.66. The fourth-order valence-corrected chi connectivity index (χ4v) is 2.65. The normalized spacial score (nSPS) is 10.3. The number of hydrogen-bond donors (Lipinski definition) is 1. The maximum absolute atomic E-state index is 12.2. The van der Waals surface area contributed by atoms with Crippen molar-refractivity contribution in [2.75, 3.05) is 5.32 Å². The summed E-state index contributed by atoms with van der Waals surface area (Å²) in [6.07, 6.45) is 6.07. The average molecular weight is 347 g/mol. The van der Waals surface area contributed by atoms with Crippen molar-refractivity contribution < 1.29 is 14.1 Å². The number of nitrogens with zero attached hydrogens (tertiary/aromatic N) is 1. The summed E-state index contributed by atoms with van der Waals surface area (Å²) in [6, 6.07) is 21.1. The minimum absolute atomic E-state index is 0.0602. The highest BCUT2D eigenvalue weighted by Gasteiger charge is 2.09. The molecule has 0 spiro atoms. The predicted octanol–water partition coefficient (Wildman–Crippen LogP) is 4.36. The first-order valence-electron chi connectivity index (χ1n) is 8.84. The number of rotatable bonds is 7. The van der Waals surface area contributed by atoms with Crippen LogP contribution in [0.5, 0.6) is 11.5 Å². The number of aromatic nitrogens is 1. The molecule has 0 fully saturated rings. The lowest BCUT2D eigenvalue weighted by Crippen LogP contribution is -2.39. The molecule has 0 saturated carbocycles. The highest BCUT2D eigenvalue weighted by Crippen LogP contribution is 2.22. The molecular formula is C22H23N2O2+. The molecule has 0 unspecified atom stereocenters. The fourth-order valence-electron chi connectivity index (χ4n) is 2.65. The van der Waals surface area contributed by atoms with E-state index >= 15 is 0 Å². The van der Waals surface area contributed by atoms with E-state index in [1.54, 1.807) is 0 Å². The van der Waals surface area contributed by atoms with E-state index in [-0.39, 0.29) is 12.5 Å². The summed E-state index contributed by atoms with van der Waals surface area (Å²) < 4.78 is 7.62. The molecular weight excluding hydrogens is 324 g/mol. The van der Waals surface area contributed by atoms with Crippen LogP contribution in [0.25, 0.3) is 0 Å². The number of nitrogens with one attached hydrogen (secondary N) is 1. The molecule has 2 aromatic carbocycles. The third kappa shape index (κ3) is 5.18. The second-order valence-electron chi connectivity index (χ2n) is 6.12. The Bertz CT molecular complexity index is 828. The molecule has 1 amide bonds. The van der Waals surface area contributed by atoms with Gasteiger partial charge in [-0.15, -0.1) is 0 Å². The lowest BCUT2D eigenvalue weighted by atomic mass is 10.2. The fraction of sp³-hybridized carbons (Fsp3) is 0.182. The van der Waals surface area contributed by atoms with Crippen LogP contribution in [0.15, 0.2) is 79.1 Å². The maximum atomic E-state index is 12.2. The number of para-hydroxylation sites is 1. The zero-order chi connectivity index (χ0) is 18.2. The number of ether oxygens (including phenoxy) is 1. The summed E-state index contributed by atoms with van der Waals surface area (Å²) in [5.41, 5.74) is 2.04. The molecule has 0 radical (unpaired) electrons. The van der Waals surface area contributed by atoms with Gasteiger partial charge in [0.15, 0.2) is 12.4 Å². The molecule has 0 atom stereocenters. The molecule has 3 rings (SSSR count). The van der Waals surface area contributed by atoms with Gasteiger partial charge < -0.3 is 10.1 Å². The second kappa shape index (κ2) is 8.81. The third-order valence-electron chi connectivity index (χ3n) is 3.94. The Kier molecular flexibility index (Phi) is 5.99. The standard InChI is InChI=1S/C22H22N2O2/c1-2-6-18-13-15-24(16-14-18)17-22(25)23-19-9-11-21(12-10-19)26-20-7-4-3-5-8-20/h3-5,7-16H,2,6,17H2,1H3/p+1. The number of benzene rings is 2. The van der Waals surface area contributed by atoms with E-state index in [1.807, 2.05) is 71.6 Å². The van der Waals surface area contributed by atoms with Gasteiger partial charge >= 0.3 is 0 Å². The van der Waals surface area contributed by atoms with E-state index in [0.717, 1.165) is 30.0 Å². The van der Waals surface area contributed by atoms with E-state index in [9.17, 15) is 4.79 Å². The zero-order valence-corrected chi connectivity index (χ0v) is 14.9. The monoisotopic (exact) mass is 347 g/mol. The molecule has 4 nitrogen and oxygen atoms in total. The van der Waals surface area contributed by atoms with Crippen LogP contribution in [0.3, 0.4) is 0 Å². The van der Waals surface area contributed by atoms with Crippen molar-refractivity contribution in [3.63, 3.8) is 0 Å². The van der Waals surface area contributed by atoms with Crippen molar-refractivity contribution in [1.29, 1.82) is 0 Å². The van der Waals surface area contributed by atoms with Crippen molar-refractivity contribution in [3.05, 3.63) is 84.7 Å². The van der Waals surface area contributed by atoms with Crippen LogP contribution in [0.1, 0.15) is 18.9 Å². The number of pyridine rings is 1. The molecule has 4 heteroatoms. The Morgan fingerprint density at radius 2 is 1.58 bits per heavy atom. The van der Waals surface area contributed by atoms with Crippen LogP contribution in [-0.2, 0) is 17.8 Å². The van der Waals surface area contributed by atoms with Crippen molar-refractivity contribution >= 4 is 11.6 Å². The van der Waals surface area contributed by atoms with Crippen LogP contribution in [-0.4, -0.2) is 5.91 Å². The third-order valence-corrected chi connectivity index (χ3v) is 3.94. The smallest absolute Gasteiger partial charge is 0.290 e. The van der Waals surface area contributed by atoms with Crippen LogP contribution < -0.4 is 14.6 Å². The topological polar surface area (TPSA) is 42.2 Å². The lowest BCUT2D eigenvalue weighted by Gasteiger charge is -2.07. The van der Waals surface area contributed by atoms with Gasteiger partial charge in [0.2, 0.25) is 6.54 Å². The molecule has 0 aliphatic heterocycles. The van der Waals surface area contributed by atoms with Crippen molar-refractivity contribution in [2.45, 2.75) is 26.3 Å². The van der Waals surface area contributed by atoms with Gasteiger partial charge in [0.1, 0.15) is 11.5 Å². The molecule has 0 bridgehead atoms. The summed E-state index contributed by atoms with van der Waals surface area (Å²) in [5, 5.41) is 2.91. The van der Waals surface area contributed by atoms with Gasteiger partial charge in [-0.3, -0.25) is 4.79 Å². The molecule has 1 aromatic heterocycles. The predicted molar refractivity (Wildman–Crippen MR) is 102 cm³/mol. The van der Waals surface area contributed by atoms with Gasteiger partial charge in [0, 0.05) is 17.8 Å². The molecule has 0 aliphatic rings. The van der Waals surface area contributed by atoms with Gasteiger partial charge in [-0.25, -0.2) is 0 Å². The quantitative estimate of drug-likeness (QED) is 0.645. The number of anilines is 1. The van der Waals surface area contributed by atoms with Crippen LogP contribution in [0.4, 0.5) is 5.69 Å². The van der Waals surface area contributed by atoms with Gasteiger partial charge in [0.05, 0.1) is 0 Å². The van der Waals surface area contributed by atoms with Crippen molar-refractivity contribution in [1.82, 2.24) is 0 Å². The largest absolute Gasteiger partial charge is 0.457 e. The number of hydrogen-bond acceptors (Lipinski definition) is 2. The Morgan fingerprint density at radius 3 is 2.23 bits per heavy atom. The second-order valence-corrected chi connectivity index (χ2v) is 6.12. The lowest BCUT2D eigenvalue weighted by molar-refractivity contribution is -0.684. The van der Waals surface area contributed by atoms with Gasteiger partial charge in [0.25, 0.3) is 5.91 Å². The Hall–Kier alpha value is -3.14. The molecule has 26 heavy (non-hydrogen) atoms. The molecule has 0 aliphatic carbocycles. The minimum Gasteiger partial charge on any atom is -0.457 e. The summed E-state index contributed by atoms with van der Waals surface area (Å²) >= 11 is 0. The number of aryl methyl sites for hydroxylation is 1. The number of carbonyl (C=O) groups is 1. The van der Waals surface area contributed by atoms with E-state index in [1.165, 1.54) is 5.56 Å². The first kappa shape index (κ1) is 17.7. The Morgan fingerprint density at radius 1 is 0.923 bits per heavy atom. The van der Waals surface area contributed by atoms with E-state index < -0.39 is 0 Å². The molecule has 1 N–H and O–H groups in total. The molecule has 1 heterocycles. The van der Waals surface area contributed by atoms with Crippen LogP contribution in [0, 0.1) is 0 Å². The van der Waals surface area contributed by atoms with Gasteiger partial charge in [-0.2, -0.15) is 4.57 Å². The molecule has 132 valence electrons. The van der Waals surface area contributed by atoms with Gasteiger partial charge in [-0.1, -0.05) is 31.5 Å². The minimum atomic E-state index is -0.0602. The Balaban J connectivity index is 1.54. The summed E-state index contributed by atoms with van der Waals surface area (Å²) in [7, 11) is 0. The van der Waals surface area contributed by atoms with Crippen LogP contribution >= 0.6 is 0 Å². The number of carbonyl (C=O) groups excluding carboxylic acids is 1. The van der Waals surface area contributed by atoms with Crippen molar-refractivity contribution in [3.8, 4) is 11.5 Å². The maximum Gasteiger partial charge on any atom is 0.290 e. The zero-order valence-electron chi connectivity index (χ0n) is 14.9. The molecule has 0 saturated heterocycles. The summed E-state index contributed by atoms with van der Waals surface area (Å²) in [5.74, 6) is 1.46. The van der Waals surface area contributed by atoms with E-state index in [4.69, 9.17) is 4.74 Å². The molecule has 3 aromatic rings. The SMILES string of the molecule is CCCc1cc[n+](CC(=O)Nc2ccc(Oc3ccccc3)cc2)cc1. The highest BCUT2D eigenvalue weighted by molar-refractivity contribution is 5.89. The van der Waals surface area contributed by atoms with Crippen LogP contribution in [0.2, 0.25) is 0 Å².